The molecule has 20 rings (SSSR count). The Morgan fingerprint density at radius 1 is 0.341 bits per heavy atom. The number of aliphatic hydroxyl groups excluding tert-OH is 2. The number of carbonyl (C=O) groups excluding carboxylic acids is 5. The average molecular weight is 1960 g/mol. The summed E-state index contributed by atoms with van der Waals surface area (Å²) in [6.45, 7) is 9.57. The van der Waals surface area contributed by atoms with Crippen molar-refractivity contribution in [1.29, 1.82) is 0 Å². The van der Waals surface area contributed by atoms with Crippen LogP contribution in [-0.4, -0.2) is 121 Å². The fourth-order valence-electron chi connectivity index (χ4n) is 14.4. The summed E-state index contributed by atoms with van der Waals surface area (Å²) < 4.78 is 23.0. The van der Waals surface area contributed by atoms with Crippen LogP contribution in [0.5, 0.6) is 0 Å². The molecule has 15 heterocycles. The molecule has 0 saturated heterocycles. The van der Waals surface area contributed by atoms with Gasteiger partial charge in [0.1, 0.15) is 10.8 Å². The molecule has 0 radical (unpaired) electrons. The second-order valence-corrected chi connectivity index (χ2v) is 37.3. The molecule has 138 heavy (non-hydrogen) atoms. The van der Waals surface area contributed by atoms with Crippen molar-refractivity contribution in [2.24, 2.45) is 0 Å². The van der Waals surface area contributed by atoms with E-state index in [1.165, 1.54) is 77.3 Å². The van der Waals surface area contributed by atoms with Gasteiger partial charge >= 0.3 is 0 Å². The molecule has 28 nitrogen and oxygen atoms in total. The van der Waals surface area contributed by atoms with Gasteiger partial charge in [0.15, 0.2) is 53.7 Å². The zero-order valence-corrected chi connectivity index (χ0v) is 79.0. The molecule has 0 aliphatic carbocycles. The molecule has 0 atom stereocenters. The van der Waals surface area contributed by atoms with Crippen molar-refractivity contribution in [3.63, 3.8) is 0 Å². The van der Waals surface area contributed by atoms with Crippen molar-refractivity contribution in [3.05, 3.63) is 421 Å². The largest absolute Gasteiger partial charge is 0.392 e. The lowest BCUT2D eigenvalue weighted by atomic mass is 10.0. The number of fused-ring (bicyclic) bond motifs is 5. The quantitative estimate of drug-likeness (QED) is 0.0245. The Labute approximate surface area is 814 Å². The highest BCUT2D eigenvalue weighted by Gasteiger charge is 2.25. The van der Waals surface area contributed by atoms with Crippen LogP contribution >= 0.6 is 79.9 Å². The van der Waals surface area contributed by atoms with Crippen LogP contribution in [0.15, 0.2) is 293 Å². The van der Waals surface area contributed by atoms with Crippen LogP contribution in [0.3, 0.4) is 0 Å². The van der Waals surface area contributed by atoms with Crippen LogP contribution in [0.1, 0.15) is 116 Å². The van der Waals surface area contributed by atoms with Crippen LogP contribution in [0.4, 0.5) is 15.8 Å². The smallest absolute Gasteiger partial charge is 0.288 e. The van der Waals surface area contributed by atoms with E-state index >= 15 is 0 Å². The lowest BCUT2D eigenvalue weighted by molar-refractivity contribution is -0.385. The molecule has 2 N–H and O–H groups in total. The number of ketones is 5. The number of benzene rings is 5. The van der Waals surface area contributed by atoms with E-state index < -0.39 is 16.5 Å². The third kappa shape index (κ3) is 22.1. The van der Waals surface area contributed by atoms with Gasteiger partial charge in [-0.15, -0.1) is 56.7 Å². The van der Waals surface area contributed by atoms with Gasteiger partial charge in [0.05, 0.1) is 85.6 Å². The maximum absolute atomic E-state index is 13.3. The van der Waals surface area contributed by atoms with Crippen molar-refractivity contribution >= 4 is 175 Å². The highest BCUT2D eigenvalue weighted by Crippen LogP contribution is 2.39. The molecule has 0 aliphatic rings. The van der Waals surface area contributed by atoms with E-state index in [1.54, 1.807) is 211 Å². The highest BCUT2D eigenvalue weighted by atomic mass is 35.5. The maximum atomic E-state index is 13.3. The van der Waals surface area contributed by atoms with E-state index in [0.717, 1.165) is 101 Å². The first kappa shape index (κ1) is 95.1. The maximum Gasteiger partial charge on any atom is 0.288 e. The van der Waals surface area contributed by atoms with Crippen LogP contribution < -0.4 is 0 Å². The van der Waals surface area contributed by atoms with E-state index in [4.69, 9.17) is 33.2 Å². The van der Waals surface area contributed by atoms with Crippen LogP contribution in [0, 0.1) is 60.7 Å². The molecular weight excluding hydrogens is 1890 g/mol. The monoisotopic (exact) mass is 1960 g/mol. The summed E-state index contributed by atoms with van der Waals surface area (Å²) in [5.74, 6) is -0.929. The van der Waals surface area contributed by atoms with E-state index in [2.05, 4.69) is 39.9 Å². The lowest BCUT2D eigenvalue weighted by Gasteiger charge is -2.04. The number of nitrogens with zero attached hydrogens (tertiary/aromatic N) is 17. The van der Waals surface area contributed by atoms with Gasteiger partial charge in [-0.05, 0) is 210 Å². The molecule has 0 saturated carbocycles. The number of aryl methyl sites for hydroxylation is 5. The van der Waals surface area contributed by atoms with Gasteiger partial charge < -0.3 is 10.2 Å². The molecule has 0 aliphatic heterocycles. The number of hydrogen-bond acceptors (Lipinski definition) is 26. The molecule has 36 heteroatoms. The molecule has 0 spiro atoms. The number of hydrogen-bond donors (Lipinski definition) is 2. The van der Waals surface area contributed by atoms with Gasteiger partial charge in [-0.25, -0.2) is 29.3 Å². The minimum absolute atomic E-state index is 0.00491. The van der Waals surface area contributed by atoms with Gasteiger partial charge in [0.2, 0.25) is 0 Å². The molecule has 20 aromatic rings. The Morgan fingerprint density at radius 3 is 0.855 bits per heavy atom. The summed E-state index contributed by atoms with van der Waals surface area (Å²) in [4.78, 5) is 136. The Hall–Kier alpha value is -16.0. The predicted molar refractivity (Wildman–Crippen MR) is 539 cm³/mol. The first-order valence-corrected chi connectivity index (χ1v) is 46.7. The molecule has 15 aromatic heterocycles. The number of carbonyl (C=O) groups is 5. The SMILES string of the molecule is Cc1cn2c(/C=C/C(=O)c3ccncc3)c(-c3ccc(CO)c([N+](=O)[O-])c3)nc2s1.Cc1cn2c(/C=C/C(=O)c3ccncc3)c(-c3ccc(CO)cc3)nc2s1.Cc1cn2c(/C=C/C(=O)c3ccncc3)c(-c3ccc(Cl)c([N+](=O)[O-])c3)nc2s1.Cc1cn2c(/C=C/C(=O)c3ccncc3)c(-c3ccc(Cl)cc3)nc2s1.Cc1cn2c(/C=C/C(=O)c3ccncc3)c(-c3ccc(F)cc3)nc2s1. The number of aromatic nitrogens is 15. The third-order valence-corrected chi connectivity index (χ3v) is 26.0. The molecule has 0 unspecified atom stereocenters. The Bertz CT molecular complexity index is 7940. The van der Waals surface area contributed by atoms with Crippen molar-refractivity contribution in [1.82, 2.24) is 71.8 Å². The molecule has 684 valence electrons. The zero-order chi connectivity index (χ0) is 96.8. The second-order valence-electron chi connectivity index (χ2n) is 30.4. The summed E-state index contributed by atoms with van der Waals surface area (Å²) in [6, 6.07) is 47.2. The number of aliphatic hydroxyl groups is 2. The van der Waals surface area contributed by atoms with Gasteiger partial charge in [0.25, 0.3) is 11.4 Å². The molecule has 0 fully saturated rings. The van der Waals surface area contributed by atoms with Gasteiger partial charge in [-0.2, -0.15) is 0 Å². The Kier molecular flexibility index (Phi) is 29.7. The molecular formula is C102H74Cl2FN17O11S5. The number of halogens is 3. The van der Waals surface area contributed by atoms with E-state index in [-0.39, 0.29) is 63.3 Å². The minimum atomic E-state index is -0.531. The lowest BCUT2D eigenvalue weighted by Crippen LogP contribution is -1.97. The van der Waals surface area contributed by atoms with Gasteiger partial charge in [-0.1, -0.05) is 71.7 Å². The number of nitro groups is 2. The summed E-state index contributed by atoms with van der Waals surface area (Å²) >= 11 is 19.7. The molecule has 0 amide bonds. The first-order valence-electron chi connectivity index (χ1n) is 41.9. The number of pyridine rings is 5. The summed E-state index contributed by atoms with van der Waals surface area (Å²) in [6.07, 6.45) is 42.0. The summed E-state index contributed by atoms with van der Waals surface area (Å²) in [7, 11) is 0. The molecule has 5 aromatic carbocycles. The zero-order valence-electron chi connectivity index (χ0n) is 73.4. The second kappa shape index (κ2) is 43.1. The number of rotatable bonds is 24. The van der Waals surface area contributed by atoms with Crippen molar-refractivity contribution in [2.45, 2.75) is 47.8 Å². The standard InChI is InChI=1S/C21H16N4O4S.C21H17N3O2S.C20H13ClN4O3S.C20H14ClN3OS.C20H14FN3OS/c1-13-11-24-17(4-5-19(27)14-6-8-22-9-7-14)20(23-21(24)30-13)15-2-3-16(12-26)18(10-15)25(28)29;1-14-12-24-18(6-7-19(26)16-8-10-22-11-9-16)20(23-21(24)27-14)17-4-2-15(13-25)3-5-17;1-12-11-24-16(4-5-18(26)13-6-8-22-9-7-13)19(23-20(24)29-12)14-2-3-15(21)17(10-14)25(27)28;2*1-13-12-24-17(6-7-18(25)14-8-10-22-11-9-14)19(23-20(24)26-13)15-2-4-16(21)5-3-15/h2-11,26H,12H2,1H3;2-12,25H,13H2,1H3;2-11H,1H3;2*2-12H,1H3/b5-4+;7-6+;5-4+;2*7-6+. The van der Waals surface area contributed by atoms with Gasteiger partial charge in [0, 0.05) is 190 Å². The van der Waals surface area contributed by atoms with Crippen molar-refractivity contribution in [2.75, 3.05) is 0 Å². The third-order valence-electron chi connectivity index (χ3n) is 21.0. The number of allylic oxidation sites excluding steroid dienone is 5. The number of nitro benzene ring substituents is 2. The first-order chi connectivity index (χ1) is 66.8. The Morgan fingerprint density at radius 2 is 0.587 bits per heavy atom. The van der Waals surface area contributed by atoms with E-state index in [0.29, 0.717) is 71.7 Å². The van der Waals surface area contributed by atoms with Gasteiger partial charge in [-0.3, -0.25) is 91.1 Å². The average Bonchev–Trinajstić information content (AvgIpc) is 1.64. The fraction of sp³-hybridized carbons (Fsp3) is 0.0686. The van der Waals surface area contributed by atoms with Crippen LogP contribution in [0.2, 0.25) is 10.0 Å². The number of imidazole rings is 5. The van der Waals surface area contributed by atoms with Crippen molar-refractivity contribution < 1.29 is 48.4 Å². The highest BCUT2D eigenvalue weighted by molar-refractivity contribution is 7.18. The van der Waals surface area contributed by atoms with Crippen LogP contribution in [0.25, 0.3) is 111 Å². The normalized spacial score (nSPS) is 11.4. The van der Waals surface area contributed by atoms with Crippen molar-refractivity contribution in [3.8, 4) is 56.3 Å². The topological polar surface area (TPSA) is 363 Å². The minimum Gasteiger partial charge on any atom is -0.392 e. The predicted octanol–water partition coefficient (Wildman–Crippen LogP) is 23.6. The summed E-state index contributed by atoms with van der Waals surface area (Å²) in [5.41, 5.74) is 14.5. The van der Waals surface area contributed by atoms with E-state index in [9.17, 15) is 58.8 Å². The number of thiazole rings is 5. The fourth-order valence-corrected chi connectivity index (χ4v) is 18.8. The molecule has 0 bridgehead atoms. The summed E-state index contributed by atoms with van der Waals surface area (Å²) in [5, 5.41) is 42.0. The van der Waals surface area contributed by atoms with E-state index in [1.807, 2.05) is 148 Å². The Balaban J connectivity index is 0.000000125. The van der Waals surface area contributed by atoms with Crippen LogP contribution in [-0.2, 0) is 13.2 Å².